The Morgan fingerprint density at radius 1 is 1.18 bits per heavy atom. The summed E-state index contributed by atoms with van der Waals surface area (Å²) in [4.78, 5) is 24.8. The van der Waals surface area contributed by atoms with Crippen molar-refractivity contribution < 1.29 is 23.9 Å². The molecule has 8 heteroatoms. The number of hydrogen-bond acceptors (Lipinski definition) is 7. The van der Waals surface area contributed by atoms with Crippen LogP contribution < -0.4 is 14.2 Å². The molecule has 0 bridgehead atoms. The Hall–Kier alpha value is -3.16. The highest BCUT2D eigenvalue weighted by molar-refractivity contribution is 5.78. The van der Waals surface area contributed by atoms with Gasteiger partial charge in [-0.3, -0.25) is 14.9 Å². The summed E-state index contributed by atoms with van der Waals surface area (Å²) in [5, 5.41) is 10.6. The molecule has 0 N–H and O–H groups in total. The predicted octanol–water partition coefficient (Wildman–Crippen LogP) is 2.61. The lowest BCUT2D eigenvalue weighted by atomic mass is 10.2. The van der Waals surface area contributed by atoms with E-state index in [4.69, 9.17) is 14.2 Å². The van der Waals surface area contributed by atoms with E-state index in [1.54, 1.807) is 0 Å². The average Bonchev–Trinajstić information content (AvgIpc) is 2.55. The van der Waals surface area contributed by atoms with E-state index in [0.29, 0.717) is 11.8 Å². The molecule has 2 aromatic rings. The van der Waals surface area contributed by atoms with Gasteiger partial charge in [0, 0.05) is 17.7 Å². The summed E-state index contributed by atoms with van der Waals surface area (Å²) in [6.45, 7) is 0. The highest BCUT2D eigenvalue weighted by Crippen LogP contribution is 2.40. The lowest BCUT2D eigenvalue weighted by Crippen LogP contribution is -1.98. The Morgan fingerprint density at radius 3 is 2.23 bits per heavy atom. The van der Waals surface area contributed by atoms with Gasteiger partial charge in [0.1, 0.15) is 12.5 Å². The number of rotatable bonds is 6. The van der Waals surface area contributed by atoms with Gasteiger partial charge in [-0.2, -0.15) is 0 Å². The summed E-state index contributed by atoms with van der Waals surface area (Å²) in [5.74, 6) is 0.904. The maximum atomic E-state index is 10.9. The van der Waals surface area contributed by atoms with E-state index in [0.717, 1.165) is 6.20 Å². The second-order valence-electron chi connectivity index (χ2n) is 4.09. The molecule has 0 fully saturated rings. The third-order valence-electron chi connectivity index (χ3n) is 2.76. The predicted molar refractivity (Wildman–Crippen MR) is 75.9 cm³/mol. The first-order chi connectivity index (χ1) is 10.6. The van der Waals surface area contributed by atoms with Crippen molar-refractivity contribution in [3.05, 3.63) is 46.1 Å². The van der Waals surface area contributed by atoms with Crippen molar-refractivity contribution in [3.63, 3.8) is 0 Å². The van der Waals surface area contributed by atoms with Gasteiger partial charge in [-0.15, -0.1) is 0 Å². The molecule has 0 radical (unpaired) electrons. The van der Waals surface area contributed by atoms with E-state index in [1.807, 2.05) is 0 Å². The Morgan fingerprint density at radius 2 is 1.82 bits per heavy atom. The lowest BCUT2D eigenvalue weighted by molar-refractivity contribution is -0.385. The van der Waals surface area contributed by atoms with Crippen molar-refractivity contribution in [2.75, 3.05) is 14.2 Å². The zero-order valence-corrected chi connectivity index (χ0v) is 11.8. The van der Waals surface area contributed by atoms with Crippen LogP contribution in [0.5, 0.6) is 23.1 Å². The minimum absolute atomic E-state index is 0.126. The highest BCUT2D eigenvalue weighted by Gasteiger charge is 2.16. The number of aromatic nitrogens is 1. The molecule has 8 nitrogen and oxygen atoms in total. The minimum Gasteiger partial charge on any atom is -0.493 e. The monoisotopic (exact) mass is 304 g/mol. The van der Waals surface area contributed by atoms with Crippen LogP contribution in [0.3, 0.4) is 0 Å². The van der Waals surface area contributed by atoms with Crippen molar-refractivity contribution in [1.82, 2.24) is 4.98 Å². The molecule has 1 aromatic heterocycles. The van der Waals surface area contributed by atoms with Gasteiger partial charge in [0.2, 0.25) is 11.6 Å². The molecule has 0 aliphatic heterocycles. The molecule has 2 rings (SSSR count). The Bertz CT molecular complexity index is 674. The summed E-state index contributed by atoms with van der Waals surface area (Å²) >= 11 is 0. The lowest BCUT2D eigenvalue weighted by Gasteiger charge is -2.14. The van der Waals surface area contributed by atoms with Gasteiger partial charge >= 0.3 is 0 Å². The van der Waals surface area contributed by atoms with Crippen molar-refractivity contribution in [2.45, 2.75) is 0 Å². The van der Waals surface area contributed by atoms with Crippen LogP contribution in [0.15, 0.2) is 30.5 Å². The molecule has 22 heavy (non-hydrogen) atoms. The maximum absolute atomic E-state index is 10.9. The normalized spacial score (nSPS) is 9.91. The smallest absolute Gasteiger partial charge is 0.287 e. The Balaban J connectivity index is 2.39. The fraction of sp³-hybridized carbons (Fsp3) is 0.143. The number of nitrogens with zero attached hydrogens (tertiary/aromatic N) is 2. The molecule has 0 amide bonds. The summed E-state index contributed by atoms with van der Waals surface area (Å²) in [7, 11) is 2.83. The highest BCUT2D eigenvalue weighted by atomic mass is 16.6. The van der Waals surface area contributed by atoms with Crippen LogP contribution in [0.25, 0.3) is 0 Å². The van der Waals surface area contributed by atoms with Crippen molar-refractivity contribution in [1.29, 1.82) is 0 Å². The first-order valence-corrected chi connectivity index (χ1v) is 6.08. The SMILES string of the molecule is COc1cc(C=O)cc(OC)c1Oc1ccc([N+](=O)[O-])cn1. The van der Waals surface area contributed by atoms with Crippen LogP contribution in [0.4, 0.5) is 5.69 Å². The van der Waals surface area contributed by atoms with Gasteiger partial charge in [0.15, 0.2) is 11.5 Å². The van der Waals surface area contributed by atoms with Gasteiger partial charge in [-0.1, -0.05) is 0 Å². The topological polar surface area (TPSA) is 101 Å². The number of ether oxygens (including phenoxy) is 3. The van der Waals surface area contributed by atoms with Crippen molar-refractivity contribution >= 4 is 12.0 Å². The Labute approximate surface area is 125 Å². The van der Waals surface area contributed by atoms with E-state index in [9.17, 15) is 14.9 Å². The molecule has 0 aliphatic carbocycles. The molecule has 0 spiro atoms. The largest absolute Gasteiger partial charge is 0.493 e. The van der Waals surface area contributed by atoms with Crippen LogP contribution >= 0.6 is 0 Å². The van der Waals surface area contributed by atoms with E-state index in [1.165, 1.54) is 38.5 Å². The van der Waals surface area contributed by atoms with E-state index in [-0.39, 0.29) is 28.8 Å². The number of hydrogen-bond donors (Lipinski definition) is 0. The van der Waals surface area contributed by atoms with Gasteiger partial charge in [-0.25, -0.2) is 4.98 Å². The minimum atomic E-state index is -0.559. The number of aldehydes is 1. The zero-order valence-electron chi connectivity index (χ0n) is 11.8. The average molecular weight is 304 g/mol. The molecule has 1 heterocycles. The summed E-state index contributed by atoms with van der Waals surface area (Å²) in [6, 6.07) is 5.58. The first kappa shape index (κ1) is 15.2. The van der Waals surface area contributed by atoms with Crippen LogP contribution in [-0.4, -0.2) is 30.4 Å². The summed E-state index contributed by atoms with van der Waals surface area (Å²) in [6.07, 6.45) is 1.73. The molecule has 0 aliphatic rings. The molecular formula is C14H12N2O6. The maximum Gasteiger partial charge on any atom is 0.287 e. The molecule has 114 valence electrons. The summed E-state index contributed by atoms with van der Waals surface area (Å²) in [5.41, 5.74) is 0.209. The second kappa shape index (κ2) is 6.53. The van der Waals surface area contributed by atoms with E-state index < -0.39 is 4.92 Å². The standard InChI is InChI=1S/C14H12N2O6/c1-20-11-5-9(8-17)6-12(21-2)14(11)22-13-4-3-10(7-15-13)16(18)19/h3-8H,1-2H3. The zero-order chi connectivity index (χ0) is 16.1. The van der Waals surface area contributed by atoms with Gasteiger partial charge < -0.3 is 14.2 Å². The van der Waals surface area contributed by atoms with Crippen LogP contribution in [-0.2, 0) is 0 Å². The first-order valence-electron chi connectivity index (χ1n) is 6.08. The van der Waals surface area contributed by atoms with E-state index in [2.05, 4.69) is 4.98 Å². The second-order valence-corrected chi connectivity index (χ2v) is 4.09. The number of methoxy groups -OCH3 is 2. The molecular weight excluding hydrogens is 292 g/mol. The number of carbonyl (C=O) groups excluding carboxylic acids is 1. The van der Waals surface area contributed by atoms with Crippen LogP contribution in [0.1, 0.15) is 10.4 Å². The molecule has 0 saturated heterocycles. The van der Waals surface area contributed by atoms with E-state index >= 15 is 0 Å². The molecule has 0 saturated carbocycles. The van der Waals surface area contributed by atoms with Gasteiger partial charge in [-0.05, 0) is 12.1 Å². The third kappa shape index (κ3) is 3.11. The Kier molecular flexibility index (Phi) is 4.52. The van der Waals surface area contributed by atoms with Crippen LogP contribution in [0, 0.1) is 10.1 Å². The van der Waals surface area contributed by atoms with Crippen molar-refractivity contribution in [2.24, 2.45) is 0 Å². The fourth-order valence-electron chi connectivity index (χ4n) is 1.71. The number of nitro groups is 1. The molecule has 1 aromatic carbocycles. The van der Waals surface area contributed by atoms with Gasteiger partial charge in [0.05, 0.1) is 19.1 Å². The molecule has 0 unspecified atom stereocenters. The third-order valence-corrected chi connectivity index (χ3v) is 2.76. The number of benzene rings is 1. The van der Waals surface area contributed by atoms with Crippen molar-refractivity contribution in [3.8, 4) is 23.1 Å². The fourth-order valence-corrected chi connectivity index (χ4v) is 1.71. The number of carbonyl (C=O) groups is 1. The van der Waals surface area contributed by atoms with Crippen LogP contribution in [0.2, 0.25) is 0 Å². The quantitative estimate of drug-likeness (QED) is 0.459. The summed E-state index contributed by atoms with van der Waals surface area (Å²) < 4.78 is 15.9. The molecule has 0 atom stereocenters. The number of pyridine rings is 1. The van der Waals surface area contributed by atoms with Gasteiger partial charge in [0.25, 0.3) is 5.69 Å².